The molecule has 0 bridgehead atoms. The van der Waals surface area contributed by atoms with Gasteiger partial charge in [-0.1, -0.05) is 58.0 Å². The first kappa shape index (κ1) is 15.5. The van der Waals surface area contributed by atoms with Gasteiger partial charge in [-0.25, -0.2) is 0 Å². The highest BCUT2D eigenvalue weighted by atomic mass is 16.5. The van der Waals surface area contributed by atoms with E-state index in [1.54, 1.807) is 0 Å². The summed E-state index contributed by atoms with van der Waals surface area (Å²) in [6.07, 6.45) is 2.99. The van der Waals surface area contributed by atoms with Crippen molar-refractivity contribution in [1.29, 1.82) is 0 Å². The lowest BCUT2D eigenvalue weighted by Crippen LogP contribution is -2.10. The molecular formula is C17H24O2. The van der Waals surface area contributed by atoms with Gasteiger partial charge in [0.1, 0.15) is 6.61 Å². The van der Waals surface area contributed by atoms with E-state index in [4.69, 9.17) is 4.74 Å². The van der Waals surface area contributed by atoms with E-state index < -0.39 is 0 Å². The zero-order chi connectivity index (χ0) is 14.5. The van der Waals surface area contributed by atoms with Gasteiger partial charge in [0.2, 0.25) is 0 Å². The summed E-state index contributed by atoms with van der Waals surface area (Å²) < 4.78 is 5.06. The first-order chi connectivity index (χ1) is 8.82. The molecule has 1 aromatic rings. The summed E-state index contributed by atoms with van der Waals surface area (Å²) >= 11 is 0. The minimum Gasteiger partial charge on any atom is -0.461 e. The van der Waals surface area contributed by atoms with Crippen LogP contribution in [-0.2, 0) is 14.9 Å². The van der Waals surface area contributed by atoms with Crippen molar-refractivity contribution in [2.45, 2.75) is 46.5 Å². The van der Waals surface area contributed by atoms with E-state index in [-0.39, 0.29) is 11.4 Å². The van der Waals surface area contributed by atoms with Crippen LogP contribution < -0.4 is 0 Å². The van der Waals surface area contributed by atoms with Crippen LogP contribution in [0.4, 0.5) is 0 Å². The van der Waals surface area contributed by atoms with Crippen LogP contribution in [0.1, 0.15) is 52.2 Å². The van der Waals surface area contributed by atoms with Crippen molar-refractivity contribution in [1.82, 2.24) is 0 Å². The molecule has 0 aliphatic heterocycles. The molecule has 0 spiro atoms. The molecule has 2 heteroatoms. The zero-order valence-electron chi connectivity index (χ0n) is 12.6. The van der Waals surface area contributed by atoms with Crippen molar-refractivity contribution in [3.63, 3.8) is 0 Å². The Labute approximate surface area is 116 Å². The van der Waals surface area contributed by atoms with Crippen molar-refractivity contribution in [3.8, 4) is 0 Å². The molecule has 1 aromatic carbocycles. The molecule has 104 valence electrons. The lowest BCUT2D eigenvalue weighted by atomic mass is 9.86. The molecule has 2 nitrogen and oxygen atoms in total. The van der Waals surface area contributed by atoms with Gasteiger partial charge in [-0.2, -0.15) is 0 Å². The first-order valence-corrected chi connectivity index (χ1v) is 6.76. The molecule has 0 atom stereocenters. The Morgan fingerprint density at radius 2 is 2.00 bits per heavy atom. The summed E-state index contributed by atoms with van der Waals surface area (Å²) in [7, 11) is 0. The third kappa shape index (κ3) is 5.29. The number of esters is 1. The Bertz CT molecular complexity index is 464. The van der Waals surface area contributed by atoms with Crippen LogP contribution in [0.3, 0.4) is 0 Å². The third-order valence-corrected chi connectivity index (χ3v) is 3.04. The Kier molecular flexibility index (Phi) is 5.34. The van der Waals surface area contributed by atoms with E-state index in [9.17, 15) is 4.79 Å². The van der Waals surface area contributed by atoms with E-state index in [0.29, 0.717) is 6.61 Å². The van der Waals surface area contributed by atoms with Crippen LogP contribution in [0.25, 0.3) is 6.08 Å². The maximum atomic E-state index is 10.9. The number of ether oxygens (including phenoxy) is 1. The molecule has 0 amide bonds. The molecule has 0 aliphatic carbocycles. The van der Waals surface area contributed by atoms with Crippen molar-refractivity contribution in [3.05, 3.63) is 41.0 Å². The number of benzene rings is 1. The van der Waals surface area contributed by atoms with Gasteiger partial charge in [-0.3, -0.25) is 4.79 Å². The molecule has 0 unspecified atom stereocenters. The third-order valence-electron chi connectivity index (χ3n) is 3.04. The highest BCUT2D eigenvalue weighted by molar-refractivity contribution is 5.66. The van der Waals surface area contributed by atoms with Crippen LogP contribution in [0.2, 0.25) is 0 Å². The second kappa shape index (κ2) is 6.55. The largest absolute Gasteiger partial charge is 0.461 e. The monoisotopic (exact) mass is 260 g/mol. The summed E-state index contributed by atoms with van der Waals surface area (Å²) in [6.45, 7) is 10.5. The van der Waals surface area contributed by atoms with E-state index in [1.165, 1.54) is 12.5 Å². The summed E-state index contributed by atoms with van der Waals surface area (Å²) in [5.74, 6) is -0.234. The minimum absolute atomic E-state index is 0.145. The number of carbonyl (C=O) groups is 1. The summed E-state index contributed by atoms with van der Waals surface area (Å²) in [4.78, 5) is 10.9. The van der Waals surface area contributed by atoms with Crippen molar-refractivity contribution < 1.29 is 9.53 Å². The van der Waals surface area contributed by atoms with Gasteiger partial charge in [0.15, 0.2) is 0 Å². The van der Waals surface area contributed by atoms with Crippen LogP contribution >= 0.6 is 0 Å². The van der Waals surface area contributed by atoms with Gasteiger partial charge in [0, 0.05) is 6.92 Å². The first-order valence-electron chi connectivity index (χ1n) is 6.76. The Hall–Kier alpha value is -1.57. The van der Waals surface area contributed by atoms with E-state index in [0.717, 1.165) is 17.6 Å². The zero-order valence-corrected chi connectivity index (χ0v) is 12.6. The second-order valence-corrected chi connectivity index (χ2v) is 5.81. The molecular weight excluding hydrogens is 236 g/mol. The maximum Gasteiger partial charge on any atom is 0.302 e. The van der Waals surface area contributed by atoms with E-state index in [2.05, 4.69) is 58.0 Å². The van der Waals surface area contributed by atoms with Crippen LogP contribution in [-0.4, -0.2) is 12.6 Å². The van der Waals surface area contributed by atoms with Crippen molar-refractivity contribution in [2.75, 3.05) is 6.61 Å². The minimum atomic E-state index is -0.234. The van der Waals surface area contributed by atoms with E-state index >= 15 is 0 Å². The molecule has 0 aromatic heterocycles. The van der Waals surface area contributed by atoms with Gasteiger partial charge in [-0.05, 0) is 28.5 Å². The maximum absolute atomic E-state index is 10.9. The average molecular weight is 260 g/mol. The average Bonchev–Trinajstić information content (AvgIpc) is 2.33. The number of hydrogen-bond acceptors (Lipinski definition) is 2. The summed E-state index contributed by atoms with van der Waals surface area (Å²) in [5.41, 5.74) is 3.74. The van der Waals surface area contributed by atoms with E-state index in [1.807, 2.05) is 0 Å². The van der Waals surface area contributed by atoms with Gasteiger partial charge in [0.25, 0.3) is 0 Å². The van der Waals surface area contributed by atoms with Crippen molar-refractivity contribution >= 4 is 12.0 Å². The SMILES string of the molecule is CC/C(=C\c1cccc(C(C)(C)C)c1)COC(C)=O. The lowest BCUT2D eigenvalue weighted by Gasteiger charge is -2.19. The Morgan fingerprint density at radius 3 is 2.53 bits per heavy atom. The second-order valence-electron chi connectivity index (χ2n) is 5.81. The summed E-state index contributed by atoms with van der Waals surface area (Å²) in [5, 5.41) is 0. The van der Waals surface area contributed by atoms with Gasteiger partial charge < -0.3 is 4.74 Å². The Balaban J connectivity index is 2.92. The highest BCUT2D eigenvalue weighted by Gasteiger charge is 2.13. The molecule has 0 radical (unpaired) electrons. The fraction of sp³-hybridized carbons (Fsp3) is 0.471. The standard InChI is InChI=1S/C17H24O2/c1-6-14(12-19-13(2)18)10-15-8-7-9-16(11-15)17(3,4)5/h7-11H,6,12H2,1-5H3/b14-10+. The predicted molar refractivity (Wildman–Crippen MR) is 80.0 cm³/mol. The number of hydrogen-bond donors (Lipinski definition) is 0. The number of rotatable bonds is 4. The molecule has 0 N–H and O–H groups in total. The van der Waals surface area contributed by atoms with Crippen LogP contribution in [0.15, 0.2) is 29.8 Å². The van der Waals surface area contributed by atoms with Crippen LogP contribution in [0, 0.1) is 0 Å². The molecule has 19 heavy (non-hydrogen) atoms. The van der Waals surface area contributed by atoms with Crippen LogP contribution in [0.5, 0.6) is 0 Å². The summed E-state index contributed by atoms with van der Waals surface area (Å²) in [6, 6.07) is 8.50. The van der Waals surface area contributed by atoms with Gasteiger partial charge >= 0.3 is 5.97 Å². The number of carbonyl (C=O) groups excluding carboxylic acids is 1. The molecule has 0 saturated carbocycles. The molecule has 0 aliphatic rings. The van der Waals surface area contributed by atoms with Gasteiger partial charge in [-0.15, -0.1) is 0 Å². The predicted octanol–water partition coefficient (Wildman–Crippen LogP) is 4.34. The molecule has 0 saturated heterocycles. The highest BCUT2D eigenvalue weighted by Crippen LogP contribution is 2.23. The normalized spacial score (nSPS) is 12.4. The van der Waals surface area contributed by atoms with Crippen molar-refractivity contribution in [2.24, 2.45) is 0 Å². The smallest absolute Gasteiger partial charge is 0.302 e. The lowest BCUT2D eigenvalue weighted by molar-refractivity contribution is -0.139. The van der Waals surface area contributed by atoms with Gasteiger partial charge in [0.05, 0.1) is 0 Å². The fourth-order valence-electron chi connectivity index (χ4n) is 1.77. The topological polar surface area (TPSA) is 26.3 Å². The molecule has 1 rings (SSSR count). The fourth-order valence-corrected chi connectivity index (χ4v) is 1.77. The molecule has 0 heterocycles. The Morgan fingerprint density at radius 1 is 1.32 bits per heavy atom. The quantitative estimate of drug-likeness (QED) is 0.753. The molecule has 0 fully saturated rings.